The van der Waals surface area contributed by atoms with Crippen LogP contribution in [0.15, 0.2) is 42.6 Å². The molecule has 9 heteroatoms. The summed E-state index contributed by atoms with van der Waals surface area (Å²) in [6.07, 6.45) is 3.83. The van der Waals surface area contributed by atoms with Crippen LogP contribution in [0.1, 0.15) is 74.4 Å². The third-order valence-corrected chi connectivity index (χ3v) is 5.75. The number of allylic oxidation sites excluding steroid dienone is 1. The molecule has 0 bridgehead atoms. The van der Waals surface area contributed by atoms with Crippen LogP contribution in [0.25, 0.3) is 11.7 Å². The first kappa shape index (κ1) is 29.4. The number of aromatic nitrogens is 2. The molecule has 0 spiro atoms. The van der Waals surface area contributed by atoms with Crippen molar-refractivity contribution in [1.82, 2.24) is 14.7 Å². The highest BCUT2D eigenvalue weighted by Crippen LogP contribution is 2.34. The highest BCUT2D eigenvalue weighted by molar-refractivity contribution is 6.14. The van der Waals surface area contributed by atoms with Gasteiger partial charge < -0.3 is 19.2 Å². The largest absolute Gasteiger partial charge is 0.443 e. The zero-order valence-electron chi connectivity index (χ0n) is 24.2. The average molecular weight is 535 g/mol. The molecule has 1 aromatic carbocycles. The predicted octanol–water partition coefficient (Wildman–Crippen LogP) is 6.24. The molecule has 0 aliphatic heterocycles. The Morgan fingerprint density at radius 2 is 1.54 bits per heavy atom. The van der Waals surface area contributed by atoms with Crippen molar-refractivity contribution in [2.75, 3.05) is 11.9 Å². The van der Waals surface area contributed by atoms with Gasteiger partial charge in [0.15, 0.2) is 5.65 Å². The molecule has 0 radical (unpaired) electrons. The number of benzene rings is 1. The van der Waals surface area contributed by atoms with Gasteiger partial charge in [-0.1, -0.05) is 42.5 Å². The molecule has 208 valence electrons. The van der Waals surface area contributed by atoms with Crippen molar-refractivity contribution in [3.63, 3.8) is 0 Å². The number of amides is 3. The Bertz CT molecular complexity index is 1380. The van der Waals surface area contributed by atoms with E-state index in [0.717, 1.165) is 16.2 Å². The minimum atomic E-state index is -0.931. The van der Waals surface area contributed by atoms with Gasteiger partial charge in [0.1, 0.15) is 16.9 Å². The SMILES string of the molecule is CNC(=O)c1cn2c(C)c(C)nc2c(N(C(=O)OC(C)(C)C)C(=O)OC(C)(C)C)c1CC=Cc1ccccc1. The van der Waals surface area contributed by atoms with Crippen molar-refractivity contribution in [2.24, 2.45) is 0 Å². The van der Waals surface area contributed by atoms with E-state index in [1.165, 1.54) is 7.05 Å². The fraction of sp³-hybridized carbons (Fsp3) is 0.400. The Morgan fingerprint density at radius 3 is 2.05 bits per heavy atom. The van der Waals surface area contributed by atoms with Gasteiger partial charge in [0.2, 0.25) is 0 Å². The van der Waals surface area contributed by atoms with Gasteiger partial charge in [0, 0.05) is 18.9 Å². The number of imide groups is 1. The smallest absolute Gasteiger partial charge is 0.424 e. The molecule has 0 saturated carbocycles. The van der Waals surface area contributed by atoms with Gasteiger partial charge in [-0.25, -0.2) is 14.6 Å². The minimum absolute atomic E-state index is 0.133. The number of fused-ring (bicyclic) bond motifs is 1. The van der Waals surface area contributed by atoms with Crippen molar-refractivity contribution in [3.8, 4) is 0 Å². The first-order chi connectivity index (χ1) is 18.1. The summed E-state index contributed by atoms with van der Waals surface area (Å²) in [5, 5.41) is 2.67. The van der Waals surface area contributed by atoms with Crippen molar-refractivity contribution >= 4 is 35.5 Å². The highest BCUT2D eigenvalue weighted by Gasteiger charge is 2.37. The van der Waals surface area contributed by atoms with Gasteiger partial charge in [-0.05, 0) is 72.9 Å². The molecule has 3 amide bonds. The van der Waals surface area contributed by atoms with E-state index in [9.17, 15) is 14.4 Å². The molecule has 3 rings (SSSR count). The molecule has 0 aliphatic rings. The first-order valence-corrected chi connectivity index (χ1v) is 12.8. The van der Waals surface area contributed by atoms with E-state index in [1.54, 1.807) is 52.1 Å². The van der Waals surface area contributed by atoms with Crippen molar-refractivity contribution in [1.29, 1.82) is 0 Å². The molecule has 0 atom stereocenters. The van der Waals surface area contributed by atoms with Crippen LogP contribution in [0.5, 0.6) is 0 Å². The van der Waals surface area contributed by atoms with Crippen LogP contribution in [0.4, 0.5) is 15.3 Å². The number of pyridine rings is 1. The highest BCUT2D eigenvalue weighted by atomic mass is 16.6. The van der Waals surface area contributed by atoms with E-state index in [0.29, 0.717) is 16.9 Å². The van der Waals surface area contributed by atoms with Crippen LogP contribution >= 0.6 is 0 Å². The number of rotatable bonds is 5. The second-order valence-corrected chi connectivity index (χ2v) is 11.2. The number of hydrogen-bond donors (Lipinski definition) is 1. The van der Waals surface area contributed by atoms with E-state index in [2.05, 4.69) is 5.32 Å². The lowest BCUT2D eigenvalue weighted by Gasteiger charge is -2.30. The van der Waals surface area contributed by atoms with Crippen molar-refractivity contribution in [2.45, 2.75) is 73.0 Å². The van der Waals surface area contributed by atoms with E-state index in [1.807, 2.05) is 56.3 Å². The predicted molar refractivity (Wildman–Crippen MR) is 152 cm³/mol. The molecule has 0 saturated heterocycles. The van der Waals surface area contributed by atoms with Crippen molar-refractivity contribution in [3.05, 3.63) is 70.7 Å². The summed E-state index contributed by atoms with van der Waals surface area (Å²) >= 11 is 0. The number of ether oxygens (including phenoxy) is 2. The van der Waals surface area contributed by atoms with Crippen LogP contribution in [0.3, 0.4) is 0 Å². The van der Waals surface area contributed by atoms with Crippen LogP contribution < -0.4 is 10.2 Å². The fourth-order valence-corrected chi connectivity index (χ4v) is 3.94. The normalized spacial score (nSPS) is 12.0. The Balaban J connectivity index is 2.37. The summed E-state index contributed by atoms with van der Waals surface area (Å²) in [5.74, 6) is -0.375. The van der Waals surface area contributed by atoms with Crippen LogP contribution in [-0.4, -0.2) is 45.7 Å². The number of carbonyl (C=O) groups excluding carboxylic acids is 3. The summed E-state index contributed by atoms with van der Waals surface area (Å²) in [6.45, 7) is 13.9. The Hall–Kier alpha value is -4.14. The van der Waals surface area contributed by atoms with Gasteiger partial charge in [-0.15, -0.1) is 0 Å². The summed E-state index contributed by atoms with van der Waals surface area (Å²) in [5.41, 5.74) is 1.78. The lowest BCUT2D eigenvalue weighted by molar-refractivity contribution is 0.0430. The van der Waals surface area contributed by atoms with E-state index >= 15 is 0 Å². The minimum Gasteiger partial charge on any atom is -0.443 e. The molecule has 3 aromatic rings. The molecule has 9 nitrogen and oxygen atoms in total. The van der Waals surface area contributed by atoms with Crippen molar-refractivity contribution < 1.29 is 23.9 Å². The standard InChI is InChI=1S/C30H38N4O5/c1-19-20(2)33-18-23(26(35)31-9)22(17-13-16-21-14-11-10-12-15-21)24(25(33)32-19)34(27(36)38-29(3,4)5)28(37)39-30(6,7)8/h10-16,18H,17H2,1-9H3,(H,31,35). The summed E-state index contributed by atoms with van der Waals surface area (Å²) < 4.78 is 13.0. The second-order valence-electron chi connectivity index (χ2n) is 11.2. The van der Waals surface area contributed by atoms with Crippen LogP contribution in [0, 0.1) is 13.8 Å². The molecule has 1 N–H and O–H groups in total. The molecule has 39 heavy (non-hydrogen) atoms. The number of imidazole rings is 1. The molecule has 0 fully saturated rings. The van der Waals surface area contributed by atoms with E-state index in [-0.39, 0.29) is 23.6 Å². The third-order valence-electron chi connectivity index (χ3n) is 5.75. The lowest BCUT2D eigenvalue weighted by atomic mass is 10.0. The zero-order chi connectivity index (χ0) is 29.1. The second kappa shape index (κ2) is 11.3. The number of carbonyl (C=O) groups is 3. The third kappa shape index (κ3) is 7.04. The van der Waals surface area contributed by atoms with Crippen LogP contribution in [-0.2, 0) is 15.9 Å². The molecule has 2 heterocycles. The number of nitrogens with one attached hydrogen (secondary N) is 1. The summed E-state index contributed by atoms with van der Waals surface area (Å²) in [7, 11) is 1.53. The number of hydrogen-bond acceptors (Lipinski definition) is 6. The van der Waals surface area contributed by atoms with Crippen LogP contribution in [0.2, 0.25) is 0 Å². The van der Waals surface area contributed by atoms with Gasteiger partial charge in [0.25, 0.3) is 5.91 Å². The molecular weight excluding hydrogens is 496 g/mol. The number of aryl methyl sites for hydroxylation is 2. The fourth-order valence-electron chi connectivity index (χ4n) is 3.94. The zero-order valence-corrected chi connectivity index (χ0v) is 24.2. The molecule has 2 aromatic heterocycles. The van der Waals surface area contributed by atoms with Gasteiger partial charge in [-0.2, -0.15) is 4.90 Å². The Kier molecular flexibility index (Phi) is 8.53. The van der Waals surface area contributed by atoms with Gasteiger partial charge in [0.05, 0.1) is 11.3 Å². The maximum absolute atomic E-state index is 13.7. The van der Waals surface area contributed by atoms with Gasteiger partial charge in [-0.3, -0.25) is 4.79 Å². The summed E-state index contributed by atoms with van der Waals surface area (Å²) in [4.78, 5) is 46.1. The topological polar surface area (TPSA) is 102 Å². The van der Waals surface area contributed by atoms with E-state index in [4.69, 9.17) is 14.5 Å². The first-order valence-electron chi connectivity index (χ1n) is 12.8. The molecular formula is C30H38N4O5. The monoisotopic (exact) mass is 534 g/mol. The lowest BCUT2D eigenvalue weighted by Crippen LogP contribution is -2.44. The molecule has 0 aliphatic carbocycles. The Labute approximate surface area is 229 Å². The average Bonchev–Trinajstić information content (AvgIpc) is 3.11. The number of anilines is 1. The molecule has 0 unspecified atom stereocenters. The summed E-state index contributed by atoms with van der Waals surface area (Å²) in [6, 6.07) is 9.69. The Morgan fingerprint density at radius 1 is 0.974 bits per heavy atom. The van der Waals surface area contributed by atoms with Gasteiger partial charge >= 0.3 is 12.2 Å². The number of nitrogens with zero attached hydrogens (tertiary/aromatic N) is 3. The maximum Gasteiger partial charge on any atom is 0.424 e. The quantitative estimate of drug-likeness (QED) is 0.416. The van der Waals surface area contributed by atoms with E-state index < -0.39 is 23.4 Å². The maximum atomic E-state index is 13.7.